The second-order valence-electron chi connectivity index (χ2n) is 4.37. The summed E-state index contributed by atoms with van der Waals surface area (Å²) in [5.74, 6) is 0. The first-order chi connectivity index (χ1) is 6.43. The fraction of sp³-hybridized carbons (Fsp3) is 0.667. The second kappa shape index (κ2) is 4.09. The molecule has 4 nitrogen and oxygen atoms in total. The van der Waals surface area contributed by atoms with Gasteiger partial charge < -0.3 is 0 Å². The summed E-state index contributed by atoms with van der Waals surface area (Å²) in [7, 11) is 0. The van der Waals surface area contributed by atoms with Gasteiger partial charge in [-0.05, 0) is 5.41 Å². The highest BCUT2D eigenvalue weighted by atomic mass is 35.5. The second-order valence-corrected chi connectivity index (χ2v) is 4.80. The average molecular weight is 216 g/mol. The van der Waals surface area contributed by atoms with E-state index in [0.717, 1.165) is 0 Å². The standard InChI is InChI=1S/C9H14ClN3O/c1-9(2,3)8(12-14)6-13-5-7(10)4-11-13/h4-5,8H,6H2,1-3H3. The van der Waals surface area contributed by atoms with E-state index in [1.165, 1.54) is 0 Å². The molecule has 0 saturated heterocycles. The minimum atomic E-state index is -0.293. The normalized spacial score (nSPS) is 14.0. The molecule has 1 rings (SSSR count). The van der Waals surface area contributed by atoms with Crippen LogP contribution in [-0.4, -0.2) is 15.8 Å². The van der Waals surface area contributed by atoms with E-state index in [1.54, 1.807) is 17.1 Å². The summed E-state index contributed by atoms with van der Waals surface area (Å²) in [4.78, 5) is 10.6. The highest BCUT2D eigenvalue weighted by Gasteiger charge is 2.26. The van der Waals surface area contributed by atoms with Crippen molar-refractivity contribution in [3.8, 4) is 0 Å². The first-order valence-corrected chi connectivity index (χ1v) is 4.81. The van der Waals surface area contributed by atoms with Crippen LogP contribution in [-0.2, 0) is 6.54 Å². The van der Waals surface area contributed by atoms with E-state index in [0.29, 0.717) is 11.6 Å². The molecular weight excluding hydrogens is 202 g/mol. The Morgan fingerprint density at radius 2 is 2.29 bits per heavy atom. The van der Waals surface area contributed by atoms with Crippen molar-refractivity contribution in [2.75, 3.05) is 0 Å². The number of nitroso groups, excluding NO2 is 1. The molecule has 0 amide bonds. The predicted molar refractivity (Wildman–Crippen MR) is 56.3 cm³/mol. The molecule has 5 heteroatoms. The molecule has 1 atom stereocenters. The Morgan fingerprint density at radius 1 is 1.64 bits per heavy atom. The molecule has 1 aromatic rings. The predicted octanol–water partition coefficient (Wildman–Crippen LogP) is 2.72. The van der Waals surface area contributed by atoms with Gasteiger partial charge in [0.1, 0.15) is 6.04 Å². The maximum Gasteiger partial charge on any atom is 0.116 e. The molecule has 1 heterocycles. The van der Waals surface area contributed by atoms with Crippen LogP contribution in [0.25, 0.3) is 0 Å². The van der Waals surface area contributed by atoms with E-state index < -0.39 is 0 Å². The average Bonchev–Trinajstić information content (AvgIpc) is 2.45. The first kappa shape index (κ1) is 11.2. The Hall–Kier alpha value is -0.900. The van der Waals surface area contributed by atoms with Crippen molar-refractivity contribution in [3.05, 3.63) is 22.3 Å². The van der Waals surface area contributed by atoms with E-state index in [9.17, 15) is 4.91 Å². The van der Waals surface area contributed by atoms with Crippen LogP contribution >= 0.6 is 11.6 Å². The third-order valence-corrected chi connectivity index (χ3v) is 2.28. The summed E-state index contributed by atoms with van der Waals surface area (Å²) in [5, 5.41) is 7.69. The summed E-state index contributed by atoms with van der Waals surface area (Å²) in [6.07, 6.45) is 3.23. The number of halogens is 1. The zero-order valence-corrected chi connectivity index (χ0v) is 9.32. The summed E-state index contributed by atoms with van der Waals surface area (Å²) in [5.41, 5.74) is -0.153. The minimum absolute atomic E-state index is 0.153. The van der Waals surface area contributed by atoms with Gasteiger partial charge in [0.05, 0.1) is 17.8 Å². The fourth-order valence-corrected chi connectivity index (χ4v) is 1.24. The molecular formula is C9H14ClN3O. The monoisotopic (exact) mass is 215 g/mol. The van der Waals surface area contributed by atoms with Crippen LogP contribution in [0.1, 0.15) is 20.8 Å². The Labute approximate surface area is 88.2 Å². The third-order valence-electron chi connectivity index (χ3n) is 2.09. The van der Waals surface area contributed by atoms with E-state index in [-0.39, 0.29) is 11.5 Å². The van der Waals surface area contributed by atoms with Gasteiger partial charge in [-0.15, -0.1) is 0 Å². The molecule has 1 aromatic heterocycles. The number of hydrogen-bond donors (Lipinski definition) is 0. The topological polar surface area (TPSA) is 47.2 Å². The zero-order valence-electron chi connectivity index (χ0n) is 8.57. The lowest BCUT2D eigenvalue weighted by atomic mass is 9.87. The maximum atomic E-state index is 10.6. The van der Waals surface area contributed by atoms with Gasteiger partial charge in [0.2, 0.25) is 0 Å². The summed E-state index contributed by atoms with van der Waals surface area (Å²) in [6, 6.07) is -0.293. The van der Waals surface area contributed by atoms with Crippen molar-refractivity contribution >= 4 is 11.6 Å². The summed E-state index contributed by atoms with van der Waals surface area (Å²) >= 11 is 5.71. The third kappa shape index (κ3) is 2.80. The summed E-state index contributed by atoms with van der Waals surface area (Å²) in [6.45, 7) is 6.40. The van der Waals surface area contributed by atoms with Crippen LogP contribution in [0.15, 0.2) is 17.6 Å². The Kier molecular flexibility index (Phi) is 3.26. The van der Waals surface area contributed by atoms with E-state index in [4.69, 9.17) is 11.6 Å². The molecule has 0 bridgehead atoms. The molecule has 0 spiro atoms. The van der Waals surface area contributed by atoms with Crippen LogP contribution in [0, 0.1) is 10.3 Å². The summed E-state index contributed by atoms with van der Waals surface area (Å²) < 4.78 is 1.64. The van der Waals surface area contributed by atoms with Gasteiger partial charge in [-0.3, -0.25) is 4.68 Å². The lowest BCUT2D eigenvalue weighted by Crippen LogP contribution is -2.29. The molecule has 0 aliphatic carbocycles. The van der Waals surface area contributed by atoms with Gasteiger partial charge >= 0.3 is 0 Å². The molecule has 14 heavy (non-hydrogen) atoms. The number of aromatic nitrogens is 2. The van der Waals surface area contributed by atoms with Gasteiger partial charge in [-0.25, -0.2) is 0 Å². The molecule has 0 saturated carbocycles. The molecule has 0 aromatic carbocycles. The largest absolute Gasteiger partial charge is 0.269 e. The molecule has 78 valence electrons. The lowest BCUT2D eigenvalue weighted by molar-refractivity contribution is 0.284. The van der Waals surface area contributed by atoms with Crippen LogP contribution in [0.4, 0.5) is 0 Å². The number of hydrogen-bond acceptors (Lipinski definition) is 3. The Morgan fingerprint density at radius 3 is 2.64 bits per heavy atom. The maximum absolute atomic E-state index is 10.6. The van der Waals surface area contributed by atoms with Gasteiger partial charge in [-0.1, -0.05) is 37.5 Å². The van der Waals surface area contributed by atoms with Crippen molar-refractivity contribution in [2.45, 2.75) is 33.4 Å². The highest BCUT2D eigenvalue weighted by Crippen LogP contribution is 2.23. The van der Waals surface area contributed by atoms with Crippen molar-refractivity contribution in [1.29, 1.82) is 0 Å². The number of nitrogens with zero attached hydrogens (tertiary/aromatic N) is 3. The Bertz CT molecular complexity index is 316. The van der Waals surface area contributed by atoms with Gasteiger partial charge in [0, 0.05) is 6.20 Å². The minimum Gasteiger partial charge on any atom is -0.269 e. The highest BCUT2D eigenvalue weighted by molar-refractivity contribution is 6.30. The SMILES string of the molecule is CC(C)(C)C(Cn1cc(Cl)cn1)N=O. The molecule has 0 N–H and O–H groups in total. The van der Waals surface area contributed by atoms with E-state index in [1.807, 2.05) is 20.8 Å². The molecule has 0 aliphatic heterocycles. The van der Waals surface area contributed by atoms with Crippen LogP contribution in [0.3, 0.4) is 0 Å². The van der Waals surface area contributed by atoms with Crippen molar-refractivity contribution in [1.82, 2.24) is 9.78 Å². The zero-order chi connectivity index (χ0) is 10.8. The van der Waals surface area contributed by atoms with E-state index >= 15 is 0 Å². The smallest absolute Gasteiger partial charge is 0.116 e. The Balaban J connectivity index is 2.71. The van der Waals surface area contributed by atoms with Crippen LogP contribution < -0.4 is 0 Å². The molecule has 0 radical (unpaired) electrons. The molecule has 1 unspecified atom stereocenters. The first-order valence-electron chi connectivity index (χ1n) is 4.44. The van der Waals surface area contributed by atoms with Crippen molar-refractivity contribution in [2.24, 2.45) is 10.6 Å². The van der Waals surface area contributed by atoms with Gasteiger partial charge in [-0.2, -0.15) is 10.0 Å². The van der Waals surface area contributed by atoms with Crippen molar-refractivity contribution in [3.63, 3.8) is 0 Å². The molecule has 0 aliphatic rings. The number of rotatable bonds is 3. The van der Waals surface area contributed by atoms with Crippen molar-refractivity contribution < 1.29 is 0 Å². The van der Waals surface area contributed by atoms with Crippen LogP contribution in [0.2, 0.25) is 5.02 Å². The van der Waals surface area contributed by atoms with Crippen LogP contribution in [0.5, 0.6) is 0 Å². The van der Waals surface area contributed by atoms with E-state index in [2.05, 4.69) is 10.3 Å². The quantitative estimate of drug-likeness (QED) is 0.728. The van der Waals surface area contributed by atoms with Gasteiger partial charge in [0.15, 0.2) is 0 Å². The van der Waals surface area contributed by atoms with Gasteiger partial charge in [0.25, 0.3) is 0 Å². The fourth-order valence-electron chi connectivity index (χ4n) is 1.08. The lowest BCUT2D eigenvalue weighted by Gasteiger charge is -2.24. The molecule has 0 fully saturated rings.